The molecule has 2 aliphatic rings. The summed E-state index contributed by atoms with van der Waals surface area (Å²) in [5.41, 5.74) is 6.50. The number of amides is 1. The number of carbonyl (C=O) groups excluding carboxylic acids is 1. The fraction of sp³-hybridized carbons (Fsp3) is 0.714. The van der Waals surface area contributed by atoms with E-state index in [1.807, 2.05) is 6.92 Å². The van der Waals surface area contributed by atoms with Crippen LogP contribution in [0.3, 0.4) is 0 Å². The molecule has 0 unspecified atom stereocenters. The minimum absolute atomic E-state index is 0.156. The molecule has 19 heavy (non-hydrogen) atoms. The molecule has 1 aliphatic carbocycles. The van der Waals surface area contributed by atoms with Crippen LogP contribution in [0, 0.1) is 12.8 Å². The Labute approximate surface area is 118 Å². The maximum Gasteiger partial charge on any atom is 0.266 e. The fourth-order valence-corrected chi connectivity index (χ4v) is 4.41. The van der Waals surface area contributed by atoms with E-state index in [4.69, 9.17) is 5.73 Å². The summed E-state index contributed by atoms with van der Waals surface area (Å²) in [5.74, 6) is 0.875. The van der Waals surface area contributed by atoms with Crippen molar-refractivity contribution in [2.75, 3.05) is 12.3 Å². The molecule has 1 saturated carbocycles. The van der Waals surface area contributed by atoms with Gasteiger partial charge in [0.05, 0.1) is 5.69 Å². The van der Waals surface area contributed by atoms with Gasteiger partial charge in [0, 0.05) is 12.6 Å². The first-order chi connectivity index (χ1) is 9.16. The van der Waals surface area contributed by atoms with Crippen LogP contribution >= 0.6 is 11.3 Å². The highest BCUT2D eigenvalue weighted by molar-refractivity contribution is 7.17. The zero-order chi connectivity index (χ0) is 13.4. The van der Waals surface area contributed by atoms with Crippen LogP contribution in [0.25, 0.3) is 0 Å². The van der Waals surface area contributed by atoms with Crippen molar-refractivity contribution >= 4 is 22.4 Å². The van der Waals surface area contributed by atoms with Crippen molar-refractivity contribution in [2.45, 2.75) is 51.5 Å². The number of piperidine rings is 1. The summed E-state index contributed by atoms with van der Waals surface area (Å²) in [4.78, 5) is 19.8. The van der Waals surface area contributed by atoms with Crippen LogP contribution < -0.4 is 5.73 Å². The highest BCUT2D eigenvalue weighted by Gasteiger charge is 2.36. The molecule has 2 fully saturated rings. The van der Waals surface area contributed by atoms with Gasteiger partial charge in [0.15, 0.2) is 5.13 Å². The molecule has 4 nitrogen and oxygen atoms in total. The Morgan fingerprint density at radius 3 is 2.79 bits per heavy atom. The first-order valence-electron chi connectivity index (χ1n) is 7.20. The summed E-state index contributed by atoms with van der Waals surface area (Å²) in [6, 6.07) is 0.456. The summed E-state index contributed by atoms with van der Waals surface area (Å²) in [7, 11) is 0. The standard InChI is InChI=1S/C14H21N3OS/c1-9-12(19-14(15)16-9)13(18)17-8-4-6-10-5-2-3-7-11(10)17/h10-11H,2-8H2,1H3,(H2,15,16)/t10-,11-/m1/s1. The van der Waals surface area contributed by atoms with Gasteiger partial charge in [0.25, 0.3) is 5.91 Å². The topological polar surface area (TPSA) is 59.2 Å². The van der Waals surface area contributed by atoms with Gasteiger partial charge in [0.2, 0.25) is 0 Å². The molecule has 0 aromatic carbocycles. The van der Waals surface area contributed by atoms with E-state index in [1.54, 1.807) is 0 Å². The number of aromatic nitrogens is 1. The molecule has 5 heteroatoms. The summed E-state index contributed by atoms with van der Waals surface area (Å²) in [6.45, 7) is 2.78. The highest BCUT2D eigenvalue weighted by Crippen LogP contribution is 2.36. The molecule has 0 bridgehead atoms. The number of hydrogen-bond acceptors (Lipinski definition) is 4. The van der Waals surface area contributed by atoms with Crippen molar-refractivity contribution in [3.63, 3.8) is 0 Å². The molecule has 0 spiro atoms. The van der Waals surface area contributed by atoms with Crippen LogP contribution in [0.4, 0.5) is 5.13 Å². The molecular weight excluding hydrogens is 258 g/mol. The van der Waals surface area contributed by atoms with E-state index in [2.05, 4.69) is 9.88 Å². The maximum absolute atomic E-state index is 12.7. The molecule has 1 amide bonds. The number of aryl methyl sites for hydroxylation is 1. The average molecular weight is 279 g/mol. The molecule has 2 N–H and O–H groups in total. The van der Waals surface area contributed by atoms with Crippen molar-refractivity contribution in [3.05, 3.63) is 10.6 Å². The lowest BCUT2D eigenvalue weighted by molar-refractivity contribution is 0.0394. The molecule has 2 atom stereocenters. The van der Waals surface area contributed by atoms with Crippen molar-refractivity contribution < 1.29 is 4.79 Å². The van der Waals surface area contributed by atoms with Crippen LogP contribution in [-0.2, 0) is 0 Å². The lowest BCUT2D eigenvalue weighted by atomic mass is 9.78. The Morgan fingerprint density at radius 2 is 2.05 bits per heavy atom. The van der Waals surface area contributed by atoms with E-state index >= 15 is 0 Å². The zero-order valence-corrected chi connectivity index (χ0v) is 12.2. The van der Waals surface area contributed by atoms with Gasteiger partial charge >= 0.3 is 0 Å². The van der Waals surface area contributed by atoms with E-state index in [1.165, 1.54) is 43.4 Å². The third-order valence-electron chi connectivity index (χ3n) is 4.51. The van der Waals surface area contributed by atoms with Gasteiger partial charge < -0.3 is 10.6 Å². The van der Waals surface area contributed by atoms with E-state index in [0.29, 0.717) is 11.2 Å². The minimum atomic E-state index is 0.156. The van der Waals surface area contributed by atoms with E-state index in [-0.39, 0.29) is 5.91 Å². The number of thiazole rings is 1. The van der Waals surface area contributed by atoms with Crippen molar-refractivity contribution in [1.82, 2.24) is 9.88 Å². The molecule has 1 saturated heterocycles. The van der Waals surface area contributed by atoms with Gasteiger partial charge in [-0.05, 0) is 38.5 Å². The number of anilines is 1. The molecule has 0 radical (unpaired) electrons. The monoisotopic (exact) mass is 279 g/mol. The minimum Gasteiger partial charge on any atom is -0.375 e. The zero-order valence-electron chi connectivity index (χ0n) is 11.4. The second-order valence-electron chi connectivity index (χ2n) is 5.72. The molecule has 1 aromatic rings. The largest absolute Gasteiger partial charge is 0.375 e. The Morgan fingerprint density at radius 1 is 1.32 bits per heavy atom. The molecule has 1 aromatic heterocycles. The Balaban J connectivity index is 1.83. The van der Waals surface area contributed by atoms with E-state index < -0.39 is 0 Å². The van der Waals surface area contributed by atoms with Gasteiger partial charge in [-0.3, -0.25) is 4.79 Å². The van der Waals surface area contributed by atoms with Crippen molar-refractivity contribution in [1.29, 1.82) is 0 Å². The Bertz CT molecular complexity index is 483. The summed E-state index contributed by atoms with van der Waals surface area (Å²) >= 11 is 1.33. The number of likely N-dealkylation sites (tertiary alicyclic amines) is 1. The number of hydrogen-bond donors (Lipinski definition) is 1. The Hall–Kier alpha value is -1.10. The molecule has 1 aliphatic heterocycles. The predicted octanol–water partition coefficient (Wildman–Crippen LogP) is 2.83. The SMILES string of the molecule is Cc1nc(N)sc1C(=O)N1CCC[C@H]2CCCC[C@H]21. The number of fused-ring (bicyclic) bond motifs is 1. The second-order valence-corrected chi connectivity index (χ2v) is 6.75. The summed E-state index contributed by atoms with van der Waals surface area (Å²) in [6.07, 6.45) is 7.48. The third-order valence-corrected chi connectivity index (χ3v) is 5.49. The predicted molar refractivity (Wildman–Crippen MR) is 77.3 cm³/mol. The molecule has 3 rings (SSSR count). The quantitative estimate of drug-likeness (QED) is 0.860. The maximum atomic E-state index is 12.7. The lowest BCUT2D eigenvalue weighted by Gasteiger charge is -2.44. The van der Waals surface area contributed by atoms with Crippen LogP contribution in [0.2, 0.25) is 0 Å². The Kier molecular flexibility index (Phi) is 3.48. The first kappa shape index (κ1) is 12.9. The lowest BCUT2D eigenvalue weighted by Crippen LogP contribution is -2.49. The smallest absolute Gasteiger partial charge is 0.266 e. The molecule has 104 valence electrons. The van der Waals surface area contributed by atoms with Gasteiger partial charge in [-0.2, -0.15) is 0 Å². The van der Waals surface area contributed by atoms with Crippen LogP contribution in [0.15, 0.2) is 0 Å². The van der Waals surface area contributed by atoms with Crippen LogP contribution in [0.5, 0.6) is 0 Å². The molecular formula is C14H21N3OS. The number of nitrogens with two attached hydrogens (primary N) is 1. The number of nitrogens with zero attached hydrogens (tertiary/aromatic N) is 2. The normalized spacial score (nSPS) is 27.1. The third kappa shape index (κ3) is 2.36. The summed E-state index contributed by atoms with van der Waals surface area (Å²) in [5, 5.41) is 0.498. The number of nitrogen functional groups attached to an aromatic ring is 1. The molecule has 2 heterocycles. The number of carbonyl (C=O) groups is 1. The van der Waals surface area contributed by atoms with Crippen molar-refractivity contribution in [2.24, 2.45) is 5.92 Å². The van der Waals surface area contributed by atoms with Crippen LogP contribution in [-0.4, -0.2) is 28.4 Å². The van der Waals surface area contributed by atoms with Gasteiger partial charge in [-0.25, -0.2) is 4.98 Å². The van der Waals surface area contributed by atoms with E-state index in [0.717, 1.165) is 29.5 Å². The first-order valence-corrected chi connectivity index (χ1v) is 8.02. The van der Waals surface area contributed by atoms with Crippen LogP contribution in [0.1, 0.15) is 53.9 Å². The highest BCUT2D eigenvalue weighted by atomic mass is 32.1. The van der Waals surface area contributed by atoms with Gasteiger partial charge in [-0.1, -0.05) is 24.2 Å². The van der Waals surface area contributed by atoms with Gasteiger partial charge in [0.1, 0.15) is 4.88 Å². The van der Waals surface area contributed by atoms with Crippen molar-refractivity contribution in [3.8, 4) is 0 Å². The second kappa shape index (κ2) is 5.12. The fourth-order valence-electron chi connectivity index (χ4n) is 3.62. The van der Waals surface area contributed by atoms with E-state index in [9.17, 15) is 4.79 Å². The number of rotatable bonds is 1. The average Bonchev–Trinajstić information content (AvgIpc) is 2.76. The van der Waals surface area contributed by atoms with Gasteiger partial charge in [-0.15, -0.1) is 0 Å². The summed E-state index contributed by atoms with van der Waals surface area (Å²) < 4.78 is 0.